The van der Waals surface area contributed by atoms with Crippen molar-refractivity contribution in [2.75, 3.05) is 13.2 Å². The summed E-state index contributed by atoms with van der Waals surface area (Å²) in [6.07, 6.45) is -21.7. The first-order valence-corrected chi connectivity index (χ1v) is 9.23. The zero-order valence-electron chi connectivity index (χ0n) is 15.5. The van der Waals surface area contributed by atoms with Gasteiger partial charge in [-0.05, 0) is 0 Å². The Morgan fingerprint density at radius 1 is 0.767 bits per heavy atom. The summed E-state index contributed by atoms with van der Waals surface area (Å²) in [7, 11) is -5.89. The van der Waals surface area contributed by atoms with Crippen LogP contribution >= 0.6 is 7.82 Å². The van der Waals surface area contributed by atoms with Crippen molar-refractivity contribution in [1.29, 1.82) is 0 Å². The Balaban J connectivity index is 0. The number of hydrogen-bond acceptors (Lipinski definition) is 16. The van der Waals surface area contributed by atoms with Crippen LogP contribution in [0.3, 0.4) is 0 Å². The zero-order chi connectivity index (χ0) is 23.1. The molecule has 0 rings (SSSR count). The first-order chi connectivity index (χ1) is 13.2. The molecule has 0 aromatic heterocycles. The molecule has 0 amide bonds. The van der Waals surface area contributed by atoms with Crippen LogP contribution in [0, 0.1) is 0 Å². The normalized spacial score (nSPS) is 22.8. The fourth-order valence-electron chi connectivity index (χ4n) is 1.75. The summed E-state index contributed by atoms with van der Waals surface area (Å²) in [5.74, 6) is -2.15. The van der Waals surface area contributed by atoms with Gasteiger partial charge < -0.3 is 65.6 Å². The average molecular weight is 478 g/mol. The number of rotatable bonds is 13. The Kier molecular flexibility index (Phi) is 15.5. The molecule has 0 aliphatic carbocycles. The van der Waals surface area contributed by atoms with E-state index in [-0.39, 0.29) is 29.6 Å². The van der Waals surface area contributed by atoms with E-state index in [1.807, 2.05) is 0 Å². The summed E-state index contributed by atoms with van der Waals surface area (Å²) >= 11 is 0. The third-order valence-corrected chi connectivity index (χ3v) is 4.39. The van der Waals surface area contributed by atoms with E-state index in [9.17, 15) is 50.0 Å². The number of aliphatic hydroxyl groups is 11. The van der Waals surface area contributed by atoms with Gasteiger partial charge in [0.25, 0.3) is 0 Å². The van der Waals surface area contributed by atoms with E-state index in [1.165, 1.54) is 0 Å². The molecule has 0 aliphatic heterocycles. The topological polar surface area (TPSA) is 298 Å². The minimum Gasteiger partial charge on any atom is -0.746 e. The van der Waals surface area contributed by atoms with E-state index in [0.717, 1.165) is 0 Å². The third kappa shape index (κ3) is 9.76. The van der Waals surface area contributed by atoms with Crippen LogP contribution in [0.25, 0.3) is 0 Å². The smallest absolute Gasteiger partial charge is 0.746 e. The van der Waals surface area contributed by atoms with E-state index in [0.29, 0.717) is 0 Å². The molecule has 0 radical (unpaired) electrons. The van der Waals surface area contributed by atoms with E-state index in [4.69, 9.17) is 20.4 Å². The molecule has 0 aromatic rings. The van der Waals surface area contributed by atoms with Gasteiger partial charge in [0, 0.05) is 0 Å². The molecule has 10 atom stereocenters. The molecule has 0 bridgehead atoms. The zero-order valence-corrected chi connectivity index (χ0v) is 18.4. The van der Waals surface area contributed by atoms with Crippen molar-refractivity contribution in [1.82, 2.24) is 0 Å². The number of phosphoric acid groups is 1. The maximum atomic E-state index is 11.5. The van der Waals surface area contributed by atoms with Crippen LogP contribution in [0.15, 0.2) is 0 Å². The van der Waals surface area contributed by atoms with Crippen molar-refractivity contribution in [2.24, 2.45) is 0 Å². The van der Waals surface area contributed by atoms with Gasteiger partial charge in [-0.1, -0.05) is 0 Å². The fourth-order valence-corrected chi connectivity index (χ4v) is 2.51. The van der Waals surface area contributed by atoms with Crippen molar-refractivity contribution < 1.29 is 109 Å². The summed E-state index contributed by atoms with van der Waals surface area (Å²) in [5, 5.41) is 101. The predicted octanol–water partition coefficient (Wildman–Crippen LogP) is -10.8. The van der Waals surface area contributed by atoms with Gasteiger partial charge in [-0.25, -0.2) is 4.79 Å². The second kappa shape index (κ2) is 14.4. The molecule has 11 N–H and O–H groups in total. The Labute approximate surface area is 191 Å². The minimum absolute atomic E-state index is 0. The predicted molar refractivity (Wildman–Crippen MR) is 83.0 cm³/mol. The Morgan fingerprint density at radius 3 is 1.57 bits per heavy atom. The molecule has 174 valence electrons. The summed E-state index contributed by atoms with van der Waals surface area (Å²) in [6.45, 7) is -2.16. The van der Waals surface area contributed by atoms with E-state index < -0.39 is 82.1 Å². The summed E-state index contributed by atoms with van der Waals surface area (Å²) < 4.78 is 19.0. The molecule has 0 fully saturated rings. The molecular weight excluding hydrogens is 454 g/mol. The molecule has 0 aliphatic rings. The monoisotopic (exact) mass is 478 g/mol. The first-order valence-electron chi connectivity index (χ1n) is 7.77. The molecule has 16 nitrogen and oxygen atoms in total. The molecule has 0 spiro atoms. The van der Waals surface area contributed by atoms with Gasteiger partial charge in [0.1, 0.15) is 42.7 Å². The molecule has 30 heavy (non-hydrogen) atoms. The van der Waals surface area contributed by atoms with E-state index in [1.54, 1.807) is 0 Å². The quantitative estimate of drug-likeness (QED) is 0.0665. The SMILES string of the molecule is O=C(OP(=O)([O-])OC(O)[C@@H](O)[C@@H](O)[C@H](O)[C@H](O)CO)[C@@H](O)[C@@H](O)[C@H](O)[C@H](O)CO.[Na+]. The van der Waals surface area contributed by atoms with Crippen molar-refractivity contribution in [2.45, 2.75) is 55.1 Å². The van der Waals surface area contributed by atoms with Crippen LogP contribution < -0.4 is 34.5 Å². The van der Waals surface area contributed by atoms with Gasteiger partial charge in [0.2, 0.25) is 0 Å². The number of carbonyl (C=O) groups is 1. The molecule has 0 aromatic carbocycles. The van der Waals surface area contributed by atoms with Crippen LogP contribution in [0.4, 0.5) is 0 Å². The van der Waals surface area contributed by atoms with Gasteiger partial charge in [0.15, 0.2) is 12.4 Å². The van der Waals surface area contributed by atoms with Crippen molar-refractivity contribution in [3.8, 4) is 0 Å². The van der Waals surface area contributed by atoms with Crippen LogP contribution in [0.1, 0.15) is 0 Å². The number of hydrogen-bond donors (Lipinski definition) is 11. The third-order valence-electron chi connectivity index (χ3n) is 3.51. The molecule has 2 unspecified atom stereocenters. The van der Waals surface area contributed by atoms with Crippen LogP contribution in [-0.4, -0.2) is 130 Å². The van der Waals surface area contributed by atoms with Gasteiger partial charge in [-0.3, -0.25) is 9.09 Å². The van der Waals surface area contributed by atoms with Crippen molar-refractivity contribution in [3.63, 3.8) is 0 Å². The van der Waals surface area contributed by atoms with E-state index >= 15 is 0 Å². The minimum atomic E-state index is -5.89. The van der Waals surface area contributed by atoms with E-state index in [2.05, 4.69) is 9.05 Å². The molecule has 0 saturated heterocycles. The number of carbonyl (C=O) groups excluding carboxylic acids is 1. The van der Waals surface area contributed by atoms with Gasteiger partial charge >= 0.3 is 43.3 Å². The molecule has 0 heterocycles. The number of aliphatic hydroxyl groups excluding tert-OH is 11. The average Bonchev–Trinajstić information content (AvgIpc) is 2.67. The van der Waals surface area contributed by atoms with Gasteiger partial charge in [-0.15, -0.1) is 0 Å². The second-order valence-corrected chi connectivity index (χ2v) is 7.04. The van der Waals surface area contributed by atoms with Crippen molar-refractivity contribution >= 4 is 13.8 Å². The van der Waals surface area contributed by atoms with Crippen LogP contribution in [0.5, 0.6) is 0 Å². The Morgan fingerprint density at radius 2 is 1.17 bits per heavy atom. The Hall–Kier alpha value is 0.180. The first kappa shape index (κ1) is 32.4. The number of phosphoric ester groups is 1. The molecular formula is C12H24NaO16P. The largest absolute Gasteiger partial charge is 1.00 e. The summed E-state index contributed by atoms with van der Waals surface area (Å²) in [5.41, 5.74) is 0. The second-order valence-electron chi connectivity index (χ2n) is 5.75. The van der Waals surface area contributed by atoms with Gasteiger partial charge in [0.05, 0.1) is 13.2 Å². The van der Waals surface area contributed by atoms with Crippen molar-refractivity contribution in [3.05, 3.63) is 0 Å². The summed E-state index contributed by atoms with van der Waals surface area (Å²) in [4.78, 5) is 23.0. The standard InChI is InChI=1S/C12H25O16P.Na/c13-1-3(15)5(17)7(19)9(21)11(23)27-29(25,26)28-12(24)10(22)8(20)6(18)4(16)2-14;/h3-11,13-23H,1-2H2,(H,25,26);/q;+1/p-1/t3-,4-,5-,6-,7+,8+,9+,10+,11?;/m1./s1. The fraction of sp³-hybridized carbons (Fsp3) is 0.917. The Bertz CT molecular complexity index is 552. The maximum Gasteiger partial charge on any atom is 1.00 e. The molecule has 18 heteroatoms. The van der Waals surface area contributed by atoms with Crippen LogP contribution in [0.2, 0.25) is 0 Å². The maximum absolute atomic E-state index is 11.5. The van der Waals surface area contributed by atoms with Crippen LogP contribution in [-0.2, 0) is 18.4 Å². The van der Waals surface area contributed by atoms with Gasteiger partial charge in [-0.2, -0.15) is 0 Å². The summed E-state index contributed by atoms with van der Waals surface area (Å²) in [6, 6.07) is 0. The molecule has 0 saturated carbocycles.